The van der Waals surface area contributed by atoms with Crippen molar-refractivity contribution in [3.8, 4) is 17.0 Å². The summed E-state index contributed by atoms with van der Waals surface area (Å²) in [6, 6.07) is 16.1. The Morgan fingerprint density at radius 1 is 0.833 bits per heavy atom. The first-order chi connectivity index (χ1) is 11.4. The fourth-order valence-corrected chi connectivity index (χ4v) is 2.99. The van der Waals surface area contributed by atoms with Crippen molar-refractivity contribution >= 4 is 21.7 Å². The molecule has 2 nitrogen and oxygen atoms in total. The molecule has 1 aromatic heterocycles. The van der Waals surface area contributed by atoms with Gasteiger partial charge in [-0.25, -0.2) is 0 Å². The monoisotopic (exact) mass is 327 g/mol. The number of phenols is 1. The molecule has 3 aromatic carbocycles. The molecule has 0 atom stereocenters. The summed E-state index contributed by atoms with van der Waals surface area (Å²) in [6.45, 7) is 0. The van der Waals surface area contributed by atoms with Crippen LogP contribution in [-0.4, -0.2) is 10.1 Å². The quantitative estimate of drug-likeness (QED) is 0.461. The predicted molar refractivity (Wildman–Crippen MR) is 87.9 cm³/mol. The third-order valence-corrected chi connectivity index (χ3v) is 4.12. The molecule has 4 rings (SSSR count). The predicted octanol–water partition coefficient (Wildman–Crippen LogP) is 5.71. The van der Waals surface area contributed by atoms with Crippen molar-refractivity contribution in [3.63, 3.8) is 0 Å². The average Bonchev–Trinajstić information content (AvgIpc) is 2.96. The molecular weight excluding hydrogens is 315 g/mol. The molecule has 1 heterocycles. The molecule has 120 valence electrons. The summed E-state index contributed by atoms with van der Waals surface area (Å²) in [7, 11) is 0. The van der Waals surface area contributed by atoms with E-state index in [1.807, 2.05) is 24.3 Å². The second-order valence-electron chi connectivity index (χ2n) is 5.66. The molecule has 4 aromatic rings. The smallest absolute Gasteiger partial charge is 0.416 e. The van der Waals surface area contributed by atoms with Crippen LogP contribution in [0.4, 0.5) is 13.2 Å². The van der Waals surface area contributed by atoms with E-state index >= 15 is 0 Å². The van der Waals surface area contributed by atoms with Gasteiger partial charge in [0, 0.05) is 16.5 Å². The van der Waals surface area contributed by atoms with Gasteiger partial charge in [0.05, 0.1) is 11.3 Å². The Morgan fingerprint density at radius 3 is 2.42 bits per heavy atom. The number of aromatic amines is 1. The first-order valence-corrected chi connectivity index (χ1v) is 7.34. The largest absolute Gasteiger partial charge is 0.507 e. The fraction of sp³-hybridized carbons (Fsp3) is 0.0526. The van der Waals surface area contributed by atoms with Crippen LogP contribution in [0.1, 0.15) is 5.56 Å². The summed E-state index contributed by atoms with van der Waals surface area (Å²) in [5, 5.41) is 12.5. The Kier molecular flexibility index (Phi) is 3.06. The van der Waals surface area contributed by atoms with Crippen molar-refractivity contribution in [3.05, 3.63) is 66.2 Å². The van der Waals surface area contributed by atoms with Gasteiger partial charge >= 0.3 is 6.18 Å². The van der Waals surface area contributed by atoms with Crippen LogP contribution in [0.25, 0.3) is 32.9 Å². The second kappa shape index (κ2) is 5.03. The molecule has 0 unspecified atom stereocenters. The van der Waals surface area contributed by atoms with Crippen molar-refractivity contribution in [1.82, 2.24) is 4.98 Å². The molecule has 0 fully saturated rings. The number of aromatic hydroxyl groups is 1. The van der Waals surface area contributed by atoms with Crippen molar-refractivity contribution < 1.29 is 18.3 Å². The molecule has 0 amide bonds. The number of fused-ring (bicyclic) bond motifs is 2. The van der Waals surface area contributed by atoms with Crippen LogP contribution in [0.15, 0.2) is 60.7 Å². The van der Waals surface area contributed by atoms with Gasteiger partial charge in [0.2, 0.25) is 0 Å². The standard InChI is InChI=1S/C19H12F3NO/c20-19(21,22)13-6-7-15-12(9-13)10-16(23-15)18-14-4-2-1-3-11(14)5-8-17(18)24/h1-10,23-24H. The number of aromatic nitrogens is 1. The van der Waals surface area contributed by atoms with Crippen LogP contribution < -0.4 is 0 Å². The molecule has 0 saturated carbocycles. The lowest BCUT2D eigenvalue weighted by atomic mass is 10.0. The average molecular weight is 327 g/mol. The lowest BCUT2D eigenvalue weighted by Crippen LogP contribution is -2.03. The summed E-state index contributed by atoms with van der Waals surface area (Å²) >= 11 is 0. The maximum Gasteiger partial charge on any atom is 0.416 e. The number of nitrogens with one attached hydrogen (secondary N) is 1. The van der Waals surface area contributed by atoms with E-state index in [0.29, 0.717) is 22.2 Å². The molecule has 0 radical (unpaired) electrons. The Hall–Kier alpha value is -2.95. The number of H-pyrrole nitrogens is 1. The molecule has 0 aliphatic carbocycles. The highest BCUT2D eigenvalue weighted by Crippen LogP contribution is 2.38. The lowest BCUT2D eigenvalue weighted by Gasteiger charge is -2.07. The van der Waals surface area contributed by atoms with Gasteiger partial charge < -0.3 is 10.1 Å². The van der Waals surface area contributed by atoms with Gasteiger partial charge in [0.25, 0.3) is 0 Å². The Bertz CT molecular complexity index is 1060. The molecular formula is C19H12F3NO. The highest BCUT2D eigenvalue weighted by atomic mass is 19.4. The molecule has 0 spiro atoms. The van der Waals surface area contributed by atoms with Gasteiger partial charge in [-0.05, 0) is 41.1 Å². The van der Waals surface area contributed by atoms with E-state index in [-0.39, 0.29) is 5.75 Å². The van der Waals surface area contributed by atoms with Crippen molar-refractivity contribution in [2.45, 2.75) is 6.18 Å². The number of halogens is 3. The lowest BCUT2D eigenvalue weighted by molar-refractivity contribution is -0.137. The van der Waals surface area contributed by atoms with Crippen LogP contribution >= 0.6 is 0 Å². The summed E-state index contributed by atoms with van der Waals surface area (Å²) in [5.41, 5.74) is 1.06. The number of alkyl halides is 3. The van der Waals surface area contributed by atoms with Crippen molar-refractivity contribution in [2.75, 3.05) is 0 Å². The first-order valence-electron chi connectivity index (χ1n) is 7.34. The minimum atomic E-state index is -4.38. The van der Waals surface area contributed by atoms with E-state index in [1.54, 1.807) is 18.2 Å². The summed E-state index contributed by atoms with van der Waals surface area (Å²) in [6.07, 6.45) is -4.38. The molecule has 0 saturated heterocycles. The van der Waals surface area contributed by atoms with E-state index in [0.717, 1.165) is 22.9 Å². The Labute approximate surface area is 135 Å². The van der Waals surface area contributed by atoms with Gasteiger partial charge in [-0.1, -0.05) is 30.3 Å². The normalized spacial score (nSPS) is 12.1. The van der Waals surface area contributed by atoms with Crippen LogP contribution in [-0.2, 0) is 6.18 Å². The summed E-state index contributed by atoms with van der Waals surface area (Å²) in [4.78, 5) is 3.10. The zero-order valence-electron chi connectivity index (χ0n) is 12.4. The second-order valence-corrected chi connectivity index (χ2v) is 5.66. The Balaban J connectivity index is 1.96. The van der Waals surface area contributed by atoms with Crippen molar-refractivity contribution in [1.29, 1.82) is 0 Å². The van der Waals surface area contributed by atoms with Gasteiger partial charge in [-0.3, -0.25) is 0 Å². The van der Waals surface area contributed by atoms with Crippen LogP contribution in [0.3, 0.4) is 0 Å². The summed E-state index contributed by atoms with van der Waals surface area (Å²) < 4.78 is 38.6. The molecule has 24 heavy (non-hydrogen) atoms. The topological polar surface area (TPSA) is 36.0 Å². The highest BCUT2D eigenvalue weighted by molar-refractivity contribution is 6.01. The number of hydrogen-bond acceptors (Lipinski definition) is 1. The SMILES string of the molecule is Oc1ccc2ccccc2c1-c1cc2cc(C(F)(F)F)ccc2[nH]1. The Morgan fingerprint density at radius 2 is 1.62 bits per heavy atom. The third-order valence-electron chi connectivity index (χ3n) is 4.12. The zero-order valence-corrected chi connectivity index (χ0v) is 12.4. The maximum absolute atomic E-state index is 12.9. The zero-order chi connectivity index (χ0) is 16.9. The van der Waals surface area contributed by atoms with Gasteiger partial charge in [0.15, 0.2) is 0 Å². The molecule has 0 bridgehead atoms. The maximum atomic E-state index is 12.9. The molecule has 0 aliphatic rings. The highest BCUT2D eigenvalue weighted by Gasteiger charge is 2.30. The molecule has 5 heteroatoms. The van der Waals surface area contributed by atoms with Crippen LogP contribution in [0.2, 0.25) is 0 Å². The van der Waals surface area contributed by atoms with E-state index in [4.69, 9.17) is 0 Å². The van der Waals surface area contributed by atoms with E-state index in [9.17, 15) is 18.3 Å². The van der Waals surface area contributed by atoms with Gasteiger partial charge in [0.1, 0.15) is 5.75 Å². The fourth-order valence-electron chi connectivity index (χ4n) is 2.99. The van der Waals surface area contributed by atoms with E-state index in [2.05, 4.69) is 4.98 Å². The molecule has 0 aliphatic heterocycles. The van der Waals surface area contributed by atoms with E-state index in [1.165, 1.54) is 6.07 Å². The van der Waals surface area contributed by atoms with Crippen molar-refractivity contribution in [2.24, 2.45) is 0 Å². The molecule has 2 N–H and O–H groups in total. The number of benzene rings is 3. The summed E-state index contributed by atoms with van der Waals surface area (Å²) in [5.74, 6) is 0.0799. The minimum absolute atomic E-state index is 0.0799. The van der Waals surface area contributed by atoms with E-state index < -0.39 is 11.7 Å². The third kappa shape index (κ3) is 2.29. The van der Waals surface area contributed by atoms with Gasteiger partial charge in [-0.15, -0.1) is 0 Å². The van der Waals surface area contributed by atoms with Gasteiger partial charge in [-0.2, -0.15) is 13.2 Å². The first kappa shape index (κ1) is 14.6. The van der Waals surface area contributed by atoms with Crippen LogP contribution in [0, 0.1) is 0 Å². The number of hydrogen-bond donors (Lipinski definition) is 2. The number of phenolic OH excluding ortho intramolecular Hbond substituents is 1. The van der Waals surface area contributed by atoms with Crippen LogP contribution in [0.5, 0.6) is 5.75 Å². The minimum Gasteiger partial charge on any atom is -0.507 e. The number of rotatable bonds is 1.